The molecule has 0 amide bonds. The molecule has 0 aromatic heterocycles. The normalized spacial score (nSPS) is 32.4. The van der Waals surface area contributed by atoms with Crippen molar-refractivity contribution in [1.82, 2.24) is 4.90 Å². The van der Waals surface area contributed by atoms with Crippen LogP contribution in [0.5, 0.6) is 0 Å². The van der Waals surface area contributed by atoms with Crippen LogP contribution in [0.2, 0.25) is 0 Å². The fourth-order valence-corrected chi connectivity index (χ4v) is 4.17. The summed E-state index contributed by atoms with van der Waals surface area (Å²) >= 11 is 4.48. The van der Waals surface area contributed by atoms with Crippen LogP contribution in [0.3, 0.4) is 0 Å². The Morgan fingerprint density at radius 2 is 2.06 bits per heavy atom. The molecule has 1 nitrogen and oxygen atoms in total. The standard InChI is InChI=1S/C16H23NS/c18-12-15-6-7-16(10-15)8-9-17(13-16)11-14-4-2-1-3-5-14/h1-5,15,18H,6-13H2/t15-,16+/m0/s1. The highest BCUT2D eigenvalue weighted by molar-refractivity contribution is 7.80. The molecule has 0 radical (unpaired) electrons. The van der Waals surface area contributed by atoms with Crippen LogP contribution < -0.4 is 0 Å². The van der Waals surface area contributed by atoms with E-state index in [1.807, 2.05) is 0 Å². The molecule has 0 unspecified atom stereocenters. The molecule has 1 heterocycles. The number of nitrogens with zero attached hydrogens (tertiary/aromatic N) is 1. The fraction of sp³-hybridized carbons (Fsp3) is 0.625. The van der Waals surface area contributed by atoms with Gasteiger partial charge in [-0.05, 0) is 54.9 Å². The molecule has 18 heavy (non-hydrogen) atoms. The van der Waals surface area contributed by atoms with Gasteiger partial charge in [0.05, 0.1) is 0 Å². The van der Waals surface area contributed by atoms with Gasteiger partial charge in [0.1, 0.15) is 0 Å². The molecule has 2 heteroatoms. The zero-order valence-corrected chi connectivity index (χ0v) is 11.9. The van der Waals surface area contributed by atoms with E-state index in [2.05, 4.69) is 47.9 Å². The van der Waals surface area contributed by atoms with Crippen LogP contribution in [0.4, 0.5) is 0 Å². The molecule has 1 aliphatic heterocycles. The van der Waals surface area contributed by atoms with Crippen LogP contribution >= 0.6 is 12.6 Å². The monoisotopic (exact) mass is 261 g/mol. The van der Waals surface area contributed by atoms with Crippen molar-refractivity contribution in [2.75, 3.05) is 18.8 Å². The summed E-state index contributed by atoms with van der Waals surface area (Å²) in [6.45, 7) is 3.73. The Hall–Kier alpha value is -0.470. The summed E-state index contributed by atoms with van der Waals surface area (Å²) in [5.41, 5.74) is 2.10. The van der Waals surface area contributed by atoms with E-state index in [1.54, 1.807) is 0 Å². The molecule has 1 aromatic carbocycles. The van der Waals surface area contributed by atoms with Gasteiger partial charge in [-0.1, -0.05) is 30.3 Å². The van der Waals surface area contributed by atoms with Crippen molar-refractivity contribution in [3.05, 3.63) is 35.9 Å². The zero-order valence-electron chi connectivity index (χ0n) is 11.0. The molecule has 98 valence electrons. The number of likely N-dealkylation sites (tertiary alicyclic amines) is 1. The second-order valence-electron chi connectivity index (χ2n) is 6.24. The van der Waals surface area contributed by atoms with Gasteiger partial charge in [0.15, 0.2) is 0 Å². The number of hydrogen-bond donors (Lipinski definition) is 1. The number of benzene rings is 1. The van der Waals surface area contributed by atoms with Crippen LogP contribution in [0.1, 0.15) is 31.2 Å². The topological polar surface area (TPSA) is 3.24 Å². The van der Waals surface area contributed by atoms with Crippen molar-refractivity contribution in [3.8, 4) is 0 Å². The molecule has 0 N–H and O–H groups in total. The highest BCUT2D eigenvalue weighted by atomic mass is 32.1. The zero-order chi connectivity index (χ0) is 12.4. The van der Waals surface area contributed by atoms with Crippen LogP contribution in [-0.2, 0) is 6.54 Å². The first kappa shape index (κ1) is 12.6. The van der Waals surface area contributed by atoms with Gasteiger partial charge in [0.25, 0.3) is 0 Å². The lowest BCUT2D eigenvalue weighted by atomic mass is 9.85. The van der Waals surface area contributed by atoms with Gasteiger partial charge in [-0.15, -0.1) is 0 Å². The van der Waals surface area contributed by atoms with E-state index >= 15 is 0 Å². The van der Waals surface area contributed by atoms with Crippen LogP contribution in [0.15, 0.2) is 30.3 Å². The first-order chi connectivity index (χ1) is 8.80. The van der Waals surface area contributed by atoms with Crippen LogP contribution in [-0.4, -0.2) is 23.7 Å². The molecule has 1 aromatic rings. The van der Waals surface area contributed by atoms with Gasteiger partial charge in [0.2, 0.25) is 0 Å². The van der Waals surface area contributed by atoms with E-state index in [9.17, 15) is 0 Å². The van der Waals surface area contributed by atoms with E-state index < -0.39 is 0 Å². The Morgan fingerprint density at radius 1 is 1.22 bits per heavy atom. The maximum Gasteiger partial charge on any atom is 0.0233 e. The Bertz CT molecular complexity index is 391. The number of rotatable bonds is 3. The van der Waals surface area contributed by atoms with Gasteiger partial charge in [-0.2, -0.15) is 12.6 Å². The molecular formula is C16H23NS. The Balaban J connectivity index is 1.59. The average Bonchev–Trinajstić information content (AvgIpc) is 2.99. The maximum absolute atomic E-state index is 4.48. The predicted molar refractivity (Wildman–Crippen MR) is 80.0 cm³/mol. The maximum atomic E-state index is 4.48. The van der Waals surface area contributed by atoms with Gasteiger partial charge < -0.3 is 0 Å². The van der Waals surface area contributed by atoms with Crippen molar-refractivity contribution in [2.24, 2.45) is 11.3 Å². The highest BCUT2D eigenvalue weighted by Crippen LogP contribution is 2.48. The van der Waals surface area contributed by atoms with Crippen molar-refractivity contribution in [1.29, 1.82) is 0 Å². The third kappa shape index (κ3) is 2.60. The molecule has 2 fully saturated rings. The molecule has 2 aliphatic rings. The second-order valence-corrected chi connectivity index (χ2v) is 6.60. The lowest BCUT2D eigenvalue weighted by molar-refractivity contribution is 0.251. The highest BCUT2D eigenvalue weighted by Gasteiger charge is 2.43. The van der Waals surface area contributed by atoms with E-state index in [-0.39, 0.29) is 0 Å². The van der Waals surface area contributed by atoms with E-state index in [0.717, 1.165) is 18.2 Å². The van der Waals surface area contributed by atoms with E-state index in [4.69, 9.17) is 0 Å². The number of thiol groups is 1. The van der Waals surface area contributed by atoms with E-state index in [0.29, 0.717) is 5.41 Å². The Kier molecular flexibility index (Phi) is 3.67. The van der Waals surface area contributed by atoms with Crippen molar-refractivity contribution < 1.29 is 0 Å². The molecule has 3 rings (SSSR count). The summed E-state index contributed by atoms with van der Waals surface area (Å²) < 4.78 is 0. The minimum atomic E-state index is 0.641. The second kappa shape index (κ2) is 5.26. The summed E-state index contributed by atoms with van der Waals surface area (Å²) in [5.74, 6) is 1.96. The minimum Gasteiger partial charge on any atom is -0.299 e. The van der Waals surface area contributed by atoms with Gasteiger partial charge in [0, 0.05) is 13.1 Å². The molecule has 2 atom stereocenters. The molecule has 1 saturated carbocycles. The van der Waals surface area contributed by atoms with Crippen molar-refractivity contribution in [2.45, 2.75) is 32.2 Å². The first-order valence-electron chi connectivity index (χ1n) is 7.17. The summed E-state index contributed by atoms with van der Waals surface area (Å²) in [6, 6.07) is 10.9. The lowest BCUT2D eigenvalue weighted by Crippen LogP contribution is -2.25. The largest absolute Gasteiger partial charge is 0.299 e. The quantitative estimate of drug-likeness (QED) is 0.814. The predicted octanol–water partition coefficient (Wildman–Crippen LogP) is 3.61. The van der Waals surface area contributed by atoms with Crippen LogP contribution in [0.25, 0.3) is 0 Å². The molecule has 1 saturated heterocycles. The molecular weight excluding hydrogens is 238 g/mol. The van der Waals surface area contributed by atoms with Crippen molar-refractivity contribution in [3.63, 3.8) is 0 Å². The van der Waals surface area contributed by atoms with Gasteiger partial charge in [-0.25, -0.2) is 0 Å². The molecule has 1 aliphatic carbocycles. The molecule has 0 bridgehead atoms. The smallest absolute Gasteiger partial charge is 0.0233 e. The Morgan fingerprint density at radius 3 is 2.78 bits per heavy atom. The summed E-state index contributed by atoms with van der Waals surface area (Å²) in [6.07, 6.45) is 5.66. The van der Waals surface area contributed by atoms with Gasteiger partial charge >= 0.3 is 0 Å². The molecule has 1 spiro atoms. The van der Waals surface area contributed by atoms with Crippen molar-refractivity contribution >= 4 is 12.6 Å². The summed E-state index contributed by atoms with van der Waals surface area (Å²) in [7, 11) is 0. The third-order valence-electron chi connectivity index (χ3n) is 4.83. The van der Waals surface area contributed by atoms with Gasteiger partial charge in [-0.3, -0.25) is 4.90 Å². The number of hydrogen-bond acceptors (Lipinski definition) is 2. The van der Waals surface area contributed by atoms with Crippen LogP contribution in [0, 0.1) is 11.3 Å². The van der Waals surface area contributed by atoms with E-state index in [1.165, 1.54) is 44.3 Å². The lowest BCUT2D eigenvalue weighted by Gasteiger charge is -2.24. The Labute approximate surface area is 116 Å². The first-order valence-corrected chi connectivity index (χ1v) is 7.80. The SMILES string of the molecule is SC[C@H]1CC[C@@]2(CCN(Cc3ccccc3)C2)C1. The fourth-order valence-electron chi connectivity index (χ4n) is 3.86. The summed E-state index contributed by atoms with van der Waals surface area (Å²) in [4.78, 5) is 2.65. The third-order valence-corrected chi connectivity index (χ3v) is 5.35. The summed E-state index contributed by atoms with van der Waals surface area (Å²) in [5, 5.41) is 0. The average molecular weight is 261 g/mol. The minimum absolute atomic E-state index is 0.641.